The molecular formula is C13H14N2O5. The van der Waals surface area contributed by atoms with Gasteiger partial charge in [-0.3, -0.25) is 0 Å². The molecule has 1 fully saturated rings. The Kier molecular flexibility index (Phi) is 3.49. The van der Waals surface area contributed by atoms with Gasteiger partial charge in [-0.2, -0.15) is 0 Å². The van der Waals surface area contributed by atoms with E-state index in [1.54, 1.807) is 0 Å². The van der Waals surface area contributed by atoms with E-state index in [2.05, 4.69) is 9.97 Å². The highest BCUT2D eigenvalue weighted by Crippen LogP contribution is 2.20. The zero-order valence-corrected chi connectivity index (χ0v) is 10.5. The van der Waals surface area contributed by atoms with E-state index in [9.17, 15) is 15.3 Å². The van der Waals surface area contributed by atoms with Crippen LogP contribution < -0.4 is 4.74 Å². The highest BCUT2D eigenvalue weighted by atomic mass is 16.7. The molecule has 1 aliphatic rings. The molecule has 1 saturated heterocycles. The topological polar surface area (TPSA) is 105 Å². The van der Waals surface area contributed by atoms with E-state index in [1.165, 1.54) is 6.20 Å². The van der Waals surface area contributed by atoms with Crippen molar-refractivity contribution in [3.8, 4) is 5.88 Å². The third-order valence-corrected chi connectivity index (χ3v) is 3.16. The lowest BCUT2D eigenvalue weighted by molar-refractivity contribution is -0.131. The molecular weight excluding hydrogens is 264 g/mol. The highest BCUT2D eigenvalue weighted by molar-refractivity contribution is 5.73. The maximum atomic E-state index is 9.63. The summed E-state index contributed by atoms with van der Waals surface area (Å²) in [4.78, 5) is 8.44. The van der Waals surface area contributed by atoms with Gasteiger partial charge in [0, 0.05) is 0 Å². The van der Waals surface area contributed by atoms with Crippen molar-refractivity contribution in [3.05, 3.63) is 30.5 Å². The van der Waals surface area contributed by atoms with Gasteiger partial charge in [0.05, 0.1) is 17.2 Å². The van der Waals surface area contributed by atoms with Crippen LogP contribution in [0.15, 0.2) is 30.5 Å². The van der Waals surface area contributed by atoms with Gasteiger partial charge in [0.25, 0.3) is 0 Å². The lowest BCUT2D eigenvalue weighted by atomic mass is 10.1. The molecule has 1 aromatic heterocycles. The van der Waals surface area contributed by atoms with Gasteiger partial charge in [0.2, 0.25) is 5.88 Å². The Morgan fingerprint density at radius 2 is 1.85 bits per heavy atom. The van der Waals surface area contributed by atoms with Crippen LogP contribution in [0.5, 0.6) is 5.88 Å². The first-order chi connectivity index (χ1) is 9.65. The van der Waals surface area contributed by atoms with Crippen LogP contribution in [0.1, 0.15) is 0 Å². The number of aromatic nitrogens is 2. The Balaban J connectivity index is 1.68. The van der Waals surface area contributed by atoms with E-state index in [1.807, 2.05) is 24.3 Å². The van der Waals surface area contributed by atoms with E-state index >= 15 is 0 Å². The predicted molar refractivity (Wildman–Crippen MR) is 67.9 cm³/mol. The van der Waals surface area contributed by atoms with Crippen LogP contribution in [0, 0.1) is 0 Å². The zero-order chi connectivity index (χ0) is 14.1. The average Bonchev–Trinajstić information content (AvgIpc) is 2.72. The van der Waals surface area contributed by atoms with E-state index in [4.69, 9.17) is 9.47 Å². The van der Waals surface area contributed by atoms with Crippen molar-refractivity contribution in [1.29, 1.82) is 0 Å². The molecule has 0 unspecified atom stereocenters. The van der Waals surface area contributed by atoms with Gasteiger partial charge in [-0.25, -0.2) is 9.97 Å². The molecule has 0 bridgehead atoms. The first-order valence-electron chi connectivity index (χ1n) is 6.19. The first-order valence-corrected chi connectivity index (χ1v) is 6.19. The summed E-state index contributed by atoms with van der Waals surface area (Å²) in [7, 11) is 0. The van der Waals surface area contributed by atoms with Gasteiger partial charge >= 0.3 is 0 Å². The second kappa shape index (κ2) is 5.29. The number of hydrogen-bond donors (Lipinski definition) is 3. The Bertz CT molecular complexity index is 608. The molecule has 7 nitrogen and oxygen atoms in total. The highest BCUT2D eigenvalue weighted by Gasteiger charge is 2.42. The maximum Gasteiger partial charge on any atom is 0.232 e. The van der Waals surface area contributed by atoms with Gasteiger partial charge in [-0.05, 0) is 12.1 Å². The monoisotopic (exact) mass is 278 g/mol. The van der Waals surface area contributed by atoms with Gasteiger partial charge in [0.15, 0.2) is 6.29 Å². The Morgan fingerprint density at radius 3 is 2.55 bits per heavy atom. The summed E-state index contributed by atoms with van der Waals surface area (Å²) in [6, 6.07) is 7.35. The molecule has 2 heterocycles. The minimum absolute atomic E-state index is 0.0394. The van der Waals surface area contributed by atoms with Crippen LogP contribution in [-0.4, -0.2) is 56.5 Å². The molecule has 0 amide bonds. The van der Waals surface area contributed by atoms with Crippen LogP contribution in [0.25, 0.3) is 11.0 Å². The molecule has 0 saturated carbocycles. The standard InChI is InChI=1S/C13H14N2O5/c16-11-9(20-13(18)12(11)17)6-19-10-5-14-7-3-1-2-4-8(7)15-10/h1-5,9,11-13,16-18H,6H2/t9-,11-,12-,13-/m1/s1. The predicted octanol–water partition coefficient (Wildman–Crippen LogP) is -0.552. The number of ether oxygens (including phenoxy) is 2. The van der Waals surface area contributed by atoms with Gasteiger partial charge in [-0.1, -0.05) is 12.1 Å². The van der Waals surface area contributed by atoms with E-state index in [-0.39, 0.29) is 12.5 Å². The van der Waals surface area contributed by atoms with Crippen molar-refractivity contribution in [2.24, 2.45) is 0 Å². The summed E-state index contributed by atoms with van der Waals surface area (Å²) < 4.78 is 10.4. The molecule has 0 aliphatic carbocycles. The molecule has 3 N–H and O–H groups in total. The van der Waals surface area contributed by atoms with Crippen molar-refractivity contribution < 1.29 is 24.8 Å². The van der Waals surface area contributed by atoms with E-state index in [0.29, 0.717) is 5.52 Å². The Labute approximate surface area is 114 Å². The van der Waals surface area contributed by atoms with Gasteiger partial charge in [-0.15, -0.1) is 0 Å². The molecule has 4 atom stereocenters. The van der Waals surface area contributed by atoms with Crippen molar-refractivity contribution in [2.45, 2.75) is 24.6 Å². The minimum Gasteiger partial charge on any atom is -0.474 e. The fraction of sp³-hybridized carbons (Fsp3) is 0.385. The lowest BCUT2D eigenvalue weighted by Crippen LogP contribution is -2.35. The normalized spacial score (nSPS) is 29.8. The maximum absolute atomic E-state index is 9.63. The summed E-state index contributed by atoms with van der Waals surface area (Å²) in [6.07, 6.45) is -3.27. The number of rotatable bonds is 3. The number of para-hydroxylation sites is 2. The summed E-state index contributed by atoms with van der Waals surface area (Å²) in [5.41, 5.74) is 1.45. The van der Waals surface area contributed by atoms with E-state index < -0.39 is 24.6 Å². The number of benzene rings is 1. The number of aliphatic hydroxyl groups is 3. The third-order valence-electron chi connectivity index (χ3n) is 3.16. The molecule has 1 aromatic carbocycles. The SMILES string of the molecule is O[C@@H]1[C@H](O)[C@@H](COc2cnc3ccccc3n2)O[C@H]1O. The van der Waals surface area contributed by atoms with Crippen LogP contribution in [-0.2, 0) is 4.74 Å². The number of nitrogens with zero attached hydrogens (tertiary/aromatic N) is 2. The molecule has 0 radical (unpaired) electrons. The number of aliphatic hydroxyl groups excluding tert-OH is 3. The summed E-state index contributed by atoms with van der Waals surface area (Å²) in [6.45, 7) is -0.0394. The van der Waals surface area contributed by atoms with Gasteiger partial charge < -0.3 is 24.8 Å². The average molecular weight is 278 g/mol. The smallest absolute Gasteiger partial charge is 0.232 e. The second-order valence-electron chi connectivity index (χ2n) is 4.55. The quantitative estimate of drug-likeness (QED) is 0.691. The van der Waals surface area contributed by atoms with Crippen LogP contribution in [0.2, 0.25) is 0 Å². The van der Waals surface area contributed by atoms with Gasteiger partial charge in [0.1, 0.15) is 24.9 Å². The first kappa shape index (κ1) is 13.2. The molecule has 1 aliphatic heterocycles. The molecule has 0 spiro atoms. The minimum atomic E-state index is -1.40. The van der Waals surface area contributed by atoms with Crippen LogP contribution in [0.4, 0.5) is 0 Å². The molecule has 2 aromatic rings. The summed E-state index contributed by atoms with van der Waals surface area (Å²) in [5.74, 6) is 0.287. The molecule has 106 valence electrons. The third kappa shape index (κ3) is 2.44. The zero-order valence-electron chi connectivity index (χ0n) is 10.5. The largest absolute Gasteiger partial charge is 0.474 e. The van der Waals surface area contributed by atoms with Crippen LogP contribution >= 0.6 is 0 Å². The lowest BCUT2D eigenvalue weighted by Gasteiger charge is -2.14. The molecule has 3 rings (SSSR count). The number of fused-ring (bicyclic) bond motifs is 1. The number of hydrogen-bond acceptors (Lipinski definition) is 7. The summed E-state index contributed by atoms with van der Waals surface area (Å²) >= 11 is 0. The van der Waals surface area contributed by atoms with Crippen molar-refractivity contribution >= 4 is 11.0 Å². The summed E-state index contributed by atoms with van der Waals surface area (Å²) in [5, 5.41) is 28.3. The fourth-order valence-corrected chi connectivity index (χ4v) is 2.04. The molecule has 7 heteroatoms. The fourth-order valence-electron chi connectivity index (χ4n) is 2.04. The van der Waals surface area contributed by atoms with Crippen molar-refractivity contribution in [1.82, 2.24) is 9.97 Å². The van der Waals surface area contributed by atoms with Crippen molar-refractivity contribution in [3.63, 3.8) is 0 Å². The van der Waals surface area contributed by atoms with Crippen LogP contribution in [0.3, 0.4) is 0 Å². The van der Waals surface area contributed by atoms with Crippen molar-refractivity contribution in [2.75, 3.05) is 6.61 Å². The van der Waals surface area contributed by atoms with E-state index in [0.717, 1.165) is 5.52 Å². The Morgan fingerprint density at radius 1 is 1.10 bits per heavy atom. The second-order valence-corrected chi connectivity index (χ2v) is 4.55. The Hall–Kier alpha value is -1.80. The molecule has 20 heavy (non-hydrogen) atoms.